The summed E-state index contributed by atoms with van der Waals surface area (Å²) in [6, 6.07) is 12.0. The van der Waals surface area contributed by atoms with Gasteiger partial charge in [-0.1, -0.05) is 12.1 Å². The summed E-state index contributed by atoms with van der Waals surface area (Å²) in [4.78, 5) is 30.2. The highest BCUT2D eigenvalue weighted by Gasteiger charge is 2.34. The first kappa shape index (κ1) is 27.8. The van der Waals surface area contributed by atoms with E-state index in [-0.39, 0.29) is 23.7 Å². The monoisotopic (exact) mass is 581 g/mol. The van der Waals surface area contributed by atoms with Gasteiger partial charge in [-0.15, -0.1) is 10.2 Å². The van der Waals surface area contributed by atoms with E-state index in [4.69, 9.17) is 14.7 Å². The summed E-state index contributed by atoms with van der Waals surface area (Å²) >= 11 is 0. The van der Waals surface area contributed by atoms with Gasteiger partial charge < -0.3 is 24.6 Å². The fraction of sp³-hybridized carbons (Fsp3) is 0.485. The Bertz CT molecular complexity index is 1620. The third-order valence-electron chi connectivity index (χ3n) is 9.96. The number of benzene rings is 1. The number of likely N-dealkylation sites (tertiary alicyclic amines) is 1. The van der Waals surface area contributed by atoms with Crippen LogP contribution in [-0.4, -0.2) is 73.9 Å². The lowest BCUT2D eigenvalue weighted by Gasteiger charge is -2.40. The zero-order chi connectivity index (χ0) is 29.5. The maximum Gasteiger partial charge on any atom is 0.308 e. The second-order valence-corrected chi connectivity index (χ2v) is 12.3. The molecular weight excluding hydrogens is 542 g/mol. The number of aromatic hydroxyl groups is 1. The summed E-state index contributed by atoms with van der Waals surface area (Å²) in [5.41, 5.74) is 5.58. The summed E-state index contributed by atoms with van der Waals surface area (Å²) in [6.07, 6.45) is 8.94. The molecule has 10 nitrogen and oxygen atoms in total. The average molecular weight is 582 g/mol. The van der Waals surface area contributed by atoms with Gasteiger partial charge in [0.15, 0.2) is 5.65 Å². The van der Waals surface area contributed by atoms with Crippen LogP contribution >= 0.6 is 0 Å². The Balaban J connectivity index is 1.06. The smallest absolute Gasteiger partial charge is 0.308 e. The van der Waals surface area contributed by atoms with E-state index in [1.807, 2.05) is 24.4 Å². The number of para-hydroxylation sites is 1. The number of esters is 1. The molecule has 2 N–H and O–H groups in total. The van der Waals surface area contributed by atoms with Crippen LogP contribution in [0.15, 0.2) is 42.6 Å². The Morgan fingerprint density at radius 1 is 1.02 bits per heavy atom. The number of nitrogens with one attached hydrogen (secondary N) is 1. The highest BCUT2D eigenvalue weighted by Crippen LogP contribution is 2.39. The first-order valence-corrected chi connectivity index (χ1v) is 15.6. The lowest BCUT2D eigenvalue weighted by molar-refractivity contribution is -0.147. The summed E-state index contributed by atoms with van der Waals surface area (Å²) in [5.74, 6) is 1.41. The Morgan fingerprint density at radius 2 is 1.81 bits per heavy atom. The fourth-order valence-corrected chi connectivity index (χ4v) is 7.54. The zero-order valence-corrected chi connectivity index (χ0v) is 24.9. The second-order valence-electron chi connectivity index (χ2n) is 12.3. The molecule has 3 aliphatic rings. The van der Waals surface area contributed by atoms with Crippen LogP contribution in [0.4, 0.5) is 5.95 Å². The van der Waals surface area contributed by atoms with Crippen LogP contribution < -0.4 is 4.90 Å². The van der Waals surface area contributed by atoms with Gasteiger partial charge in [0.2, 0.25) is 5.95 Å². The standard InChI is InChI=1S/C33H39N7O3/c1-20-30-25-19-28(24-5-3-4-6-29(24)41)37-38-31(25)35-27(30)14-18-40(20)33-34-15-11-26(36-33)21-12-16-39(17-13-21)23-9-7-22(8-10-23)32(42)43-2/h3-6,11,15,19-23,41H,7-10,12-14,16-18H2,1-2H3,(H,35,38)/t20-,22?,23?/m1/s1. The van der Waals surface area contributed by atoms with Gasteiger partial charge in [-0.3, -0.25) is 4.79 Å². The molecule has 1 atom stereocenters. The van der Waals surface area contributed by atoms with Gasteiger partial charge in [0.25, 0.3) is 0 Å². The van der Waals surface area contributed by atoms with Crippen molar-refractivity contribution in [3.63, 3.8) is 0 Å². The molecule has 7 rings (SSSR count). The van der Waals surface area contributed by atoms with Gasteiger partial charge in [0, 0.05) is 59.0 Å². The van der Waals surface area contributed by atoms with Crippen LogP contribution in [0.5, 0.6) is 5.75 Å². The molecule has 4 aromatic rings. The predicted octanol–water partition coefficient (Wildman–Crippen LogP) is 5.16. The lowest BCUT2D eigenvalue weighted by atomic mass is 9.83. The maximum atomic E-state index is 11.9. The van der Waals surface area contributed by atoms with E-state index in [9.17, 15) is 9.90 Å². The molecule has 10 heteroatoms. The number of nitrogens with zero attached hydrogens (tertiary/aromatic N) is 6. The van der Waals surface area contributed by atoms with E-state index >= 15 is 0 Å². The fourth-order valence-electron chi connectivity index (χ4n) is 7.54. The van der Waals surface area contributed by atoms with Crippen molar-refractivity contribution in [2.45, 2.75) is 69.9 Å². The van der Waals surface area contributed by atoms with Crippen molar-refractivity contribution in [1.82, 2.24) is 30.0 Å². The number of phenolic OH excluding ortho intramolecular Hbond substituents is 1. The minimum Gasteiger partial charge on any atom is -0.507 e. The van der Waals surface area contributed by atoms with Crippen molar-refractivity contribution < 1.29 is 14.6 Å². The molecule has 0 bridgehead atoms. The summed E-state index contributed by atoms with van der Waals surface area (Å²) in [6.45, 7) is 5.15. The SMILES string of the molecule is COC(=O)C1CCC(N2CCC(c3ccnc(N4CCc5[nH]c6nnc(-c7ccccc7O)cc6c5[C@H]4C)n3)CC2)CC1. The number of carbonyl (C=O) groups is 1. The van der Waals surface area contributed by atoms with E-state index in [0.29, 0.717) is 23.2 Å². The molecule has 1 aromatic carbocycles. The minimum absolute atomic E-state index is 0.0495. The number of piperidine rings is 1. The van der Waals surface area contributed by atoms with Crippen molar-refractivity contribution in [3.05, 3.63) is 59.5 Å². The number of hydrogen-bond donors (Lipinski definition) is 2. The maximum absolute atomic E-state index is 11.9. The molecule has 0 radical (unpaired) electrons. The van der Waals surface area contributed by atoms with E-state index in [0.717, 1.165) is 87.3 Å². The highest BCUT2D eigenvalue weighted by molar-refractivity contribution is 5.86. The van der Waals surface area contributed by atoms with Crippen molar-refractivity contribution in [1.29, 1.82) is 0 Å². The largest absolute Gasteiger partial charge is 0.507 e. The Labute approximate surface area is 251 Å². The number of methoxy groups -OCH3 is 1. The van der Waals surface area contributed by atoms with Gasteiger partial charge in [-0.05, 0) is 82.8 Å². The summed E-state index contributed by atoms with van der Waals surface area (Å²) in [7, 11) is 1.49. The van der Waals surface area contributed by atoms with Crippen LogP contribution in [0.25, 0.3) is 22.3 Å². The van der Waals surface area contributed by atoms with Crippen LogP contribution in [0, 0.1) is 5.92 Å². The normalized spacial score (nSPS) is 23.3. The number of aromatic amines is 1. The molecular formula is C33H39N7O3. The van der Waals surface area contributed by atoms with Gasteiger partial charge in [-0.25, -0.2) is 9.97 Å². The molecule has 1 saturated carbocycles. The number of ether oxygens (including phenoxy) is 1. The van der Waals surface area contributed by atoms with Crippen LogP contribution in [0.1, 0.15) is 74.4 Å². The molecule has 0 unspecified atom stereocenters. The molecule has 2 fully saturated rings. The number of anilines is 1. The summed E-state index contributed by atoms with van der Waals surface area (Å²) in [5, 5.41) is 20.3. The van der Waals surface area contributed by atoms with E-state index in [1.165, 1.54) is 18.4 Å². The van der Waals surface area contributed by atoms with Crippen molar-refractivity contribution in [3.8, 4) is 17.0 Å². The van der Waals surface area contributed by atoms with E-state index < -0.39 is 0 Å². The Morgan fingerprint density at radius 3 is 2.58 bits per heavy atom. The van der Waals surface area contributed by atoms with E-state index in [2.05, 4.69) is 38.0 Å². The molecule has 1 aliphatic carbocycles. The third-order valence-corrected chi connectivity index (χ3v) is 9.96. The number of aromatic nitrogens is 5. The number of hydrogen-bond acceptors (Lipinski definition) is 9. The topological polar surface area (TPSA) is 120 Å². The van der Waals surface area contributed by atoms with Crippen LogP contribution in [0.2, 0.25) is 0 Å². The first-order chi connectivity index (χ1) is 21.0. The number of carbonyl (C=O) groups excluding carboxylic acids is 1. The second kappa shape index (κ2) is 11.6. The predicted molar refractivity (Wildman–Crippen MR) is 164 cm³/mol. The van der Waals surface area contributed by atoms with Crippen molar-refractivity contribution >= 4 is 23.0 Å². The molecule has 5 heterocycles. The molecule has 0 spiro atoms. The first-order valence-electron chi connectivity index (χ1n) is 15.6. The number of H-pyrrole nitrogens is 1. The van der Waals surface area contributed by atoms with Crippen molar-refractivity contribution in [2.24, 2.45) is 5.92 Å². The molecule has 3 aromatic heterocycles. The molecule has 43 heavy (non-hydrogen) atoms. The lowest BCUT2D eigenvalue weighted by Crippen LogP contribution is -2.43. The summed E-state index contributed by atoms with van der Waals surface area (Å²) < 4.78 is 4.97. The van der Waals surface area contributed by atoms with Gasteiger partial charge in [0.1, 0.15) is 5.75 Å². The van der Waals surface area contributed by atoms with E-state index in [1.54, 1.807) is 12.1 Å². The number of fused-ring (bicyclic) bond motifs is 3. The average Bonchev–Trinajstić information content (AvgIpc) is 3.44. The molecule has 224 valence electrons. The molecule has 1 saturated heterocycles. The van der Waals surface area contributed by atoms with Crippen LogP contribution in [-0.2, 0) is 16.0 Å². The van der Waals surface area contributed by atoms with Crippen molar-refractivity contribution in [2.75, 3.05) is 31.6 Å². The minimum atomic E-state index is -0.0495. The Hall–Kier alpha value is -4.05. The van der Waals surface area contributed by atoms with Crippen LogP contribution in [0.3, 0.4) is 0 Å². The highest BCUT2D eigenvalue weighted by atomic mass is 16.5. The van der Waals surface area contributed by atoms with Gasteiger partial charge in [0.05, 0.1) is 24.8 Å². The molecule has 0 amide bonds. The number of phenols is 1. The zero-order valence-electron chi connectivity index (χ0n) is 24.9. The van der Waals surface area contributed by atoms with Gasteiger partial charge >= 0.3 is 5.97 Å². The third kappa shape index (κ3) is 5.22. The molecule has 2 aliphatic heterocycles. The van der Waals surface area contributed by atoms with Gasteiger partial charge in [-0.2, -0.15) is 0 Å². The Kier molecular flexibility index (Phi) is 7.46. The number of rotatable bonds is 5. The quantitative estimate of drug-likeness (QED) is 0.308.